The zero-order valence-corrected chi connectivity index (χ0v) is 11.2. The number of benzene rings is 1. The number of nitrogens with zero attached hydrogens (tertiary/aromatic N) is 1. The molecule has 21 heavy (non-hydrogen) atoms. The van der Waals surface area contributed by atoms with E-state index < -0.39 is 38.2 Å². The summed E-state index contributed by atoms with van der Waals surface area (Å²) in [4.78, 5) is 10.2. The first-order valence-electron chi connectivity index (χ1n) is 5.66. The third-order valence-corrected chi connectivity index (χ3v) is 4.70. The van der Waals surface area contributed by atoms with Crippen LogP contribution in [0.1, 0.15) is 15.9 Å². The zero-order valence-electron chi connectivity index (χ0n) is 10.4. The van der Waals surface area contributed by atoms with Gasteiger partial charge in [-0.15, -0.1) is 0 Å². The molecule has 10 heteroatoms. The second-order valence-corrected chi connectivity index (χ2v) is 6.17. The Morgan fingerprint density at radius 2 is 2.00 bits per heavy atom. The maximum absolute atomic E-state index is 12.9. The number of carboxylic acids is 1. The Balaban J connectivity index is 2.54. The predicted octanol–water partition coefficient (Wildman–Crippen LogP) is 1.38. The molecule has 0 amide bonds. The number of hydrogen-bond acceptors (Lipinski definition) is 4. The maximum atomic E-state index is 12.9. The smallest absolute Gasteiger partial charge is 0.417 e. The molecule has 0 aromatic heterocycles. The number of hydrogen-bond donors (Lipinski definition) is 1. The Bertz CT molecular complexity index is 665. The Kier molecular flexibility index (Phi) is 3.95. The van der Waals surface area contributed by atoms with Crippen LogP contribution in [-0.4, -0.2) is 43.7 Å². The highest BCUT2D eigenvalue weighted by Gasteiger charge is 2.37. The summed E-state index contributed by atoms with van der Waals surface area (Å²) in [5.74, 6) is -1.78. The van der Waals surface area contributed by atoms with Gasteiger partial charge in [-0.2, -0.15) is 17.5 Å². The van der Waals surface area contributed by atoms with E-state index in [4.69, 9.17) is 9.84 Å². The molecular formula is C11H10F3NO5S. The van der Waals surface area contributed by atoms with Crippen molar-refractivity contribution in [3.05, 3.63) is 29.3 Å². The molecule has 0 spiro atoms. The molecule has 1 saturated heterocycles. The van der Waals surface area contributed by atoms with E-state index in [1.807, 2.05) is 0 Å². The first-order chi connectivity index (χ1) is 9.64. The van der Waals surface area contributed by atoms with Crippen molar-refractivity contribution in [2.45, 2.75) is 11.1 Å². The molecule has 0 unspecified atom stereocenters. The second-order valence-electron chi connectivity index (χ2n) is 4.23. The van der Waals surface area contributed by atoms with E-state index >= 15 is 0 Å². The number of carbonyl (C=O) groups is 1. The van der Waals surface area contributed by atoms with Crippen LogP contribution in [0.5, 0.6) is 0 Å². The van der Waals surface area contributed by atoms with Crippen LogP contribution in [0, 0.1) is 0 Å². The first-order valence-corrected chi connectivity index (χ1v) is 7.10. The van der Waals surface area contributed by atoms with Crippen LogP contribution in [0.15, 0.2) is 23.1 Å². The summed E-state index contributed by atoms with van der Waals surface area (Å²) in [6.07, 6.45) is -4.97. The van der Waals surface area contributed by atoms with Crippen LogP contribution in [0.2, 0.25) is 0 Å². The van der Waals surface area contributed by atoms with Gasteiger partial charge in [-0.3, -0.25) is 0 Å². The van der Waals surface area contributed by atoms with Crippen LogP contribution < -0.4 is 0 Å². The van der Waals surface area contributed by atoms with E-state index in [1.54, 1.807) is 0 Å². The lowest BCUT2D eigenvalue weighted by molar-refractivity contribution is -0.138. The highest BCUT2D eigenvalue weighted by atomic mass is 32.2. The molecule has 1 N–H and O–H groups in total. The topological polar surface area (TPSA) is 83.9 Å². The number of alkyl halides is 3. The summed E-state index contributed by atoms with van der Waals surface area (Å²) in [5.41, 5.74) is -2.50. The van der Waals surface area contributed by atoms with E-state index in [2.05, 4.69) is 0 Å². The van der Waals surface area contributed by atoms with E-state index in [1.165, 1.54) is 0 Å². The third-order valence-electron chi connectivity index (χ3n) is 2.88. The predicted molar refractivity (Wildman–Crippen MR) is 63.1 cm³/mol. The molecule has 2 rings (SSSR count). The molecule has 0 aliphatic carbocycles. The minimum absolute atomic E-state index is 0.0321. The summed E-state index contributed by atoms with van der Waals surface area (Å²) in [5, 5.41) is 8.75. The van der Waals surface area contributed by atoms with Gasteiger partial charge in [0.15, 0.2) is 0 Å². The Morgan fingerprint density at radius 1 is 1.33 bits per heavy atom. The van der Waals surface area contributed by atoms with Crippen molar-refractivity contribution in [1.29, 1.82) is 0 Å². The molecule has 6 nitrogen and oxygen atoms in total. The minimum atomic E-state index is -4.97. The number of rotatable bonds is 3. The molecule has 1 fully saturated rings. The lowest BCUT2D eigenvalue weighted by Crippen LogP contribution is -2.29. The first kappa shape index (κ1) is 15.7. The Morgan fingerprint density at radius 3 is 2.48 bits per heavy atom. The highest BCUT2D eigenvalue weighted by Crippen LogP contribution is 2.34. The number of halogens is 3. The second kappa shape index (κ2) is 5.28. The van der Waals surface area contributed by atoms with Crippen molar-refractivity contribution in [3.8, 4) is 0 Å². The van der Waals surface area contributed by atoms with Crippen LogP contribution in [-0.2, 0) is 20.9 Å². The van der Waals surface area contributed by atoms with Gasteiger partial charge in [0.1, 0.15) is 6.73 Å². The summed E-state index contributed by atoms with van der Waals surface area (Å²) in [6, 6.07) is 1.80. The van der Waals surface area contributed by atoms with Crippen molar-refractivity contribution in [1.82, 2.24) is 4.31 Å². The van der Waals surface area contributed by atoms with Gasteiger partial charge in [0.2, 0.25) is 10.0 Å². The van der Waals surface area contributed by atoms with Gasteiger partial charge in [0.25, 0.3) is 0 Å². The van der Waals surface area contributed by atoms with Gasteiger partial charge in [-0.05, 0) is 18.2 Å². The molecule has 0 radical (unpaired) electrons. The lowest BCUT2D eigenvalue weighted by Gasteiger charge is -2.16. The molecule has 1 aromatic rings. The van der Waals surface area contributed by atoms with Crippen molar-refractivity contribution < 1.29 is 36.2 Å². The van der Waals surface area contributed by atoms with Gasteiger partial charge in [0, 0.05) is 6.54 Å². The number of sulfonamides is 1. The minimum Gasteiger partial charge on any atom is -0.478 e. The normalized spacial score (nSPS) is 17.1. The molecule has 1 heterocycles. The average molecular weight is 325 g/mol. The molecule has 0 bridgehead atoms. The van der Waals surface area contributed by atoms with E-state index in [0.29, 0.717) is 12.1 Å². The van der Waals surface area contributed by atoms with Gasteiger partial charge >= 0.3 is 12.1 Å². The molecule has 1 aromatic carbocycles. The fourth-order valence-electron chi connectivity index (χ4n) is 1.84. The fraction of sp³-hybridized carbons (Fsp3) is 0.364. The third kappa shape index (κ3) is 3.01. The number of aromatic carboxylic acids is 1. The molecule has 1 aliphatic rings. The fourth-order valence-corrected chi connectivity index (χ4v) is 3.17. The lowest BCUT2D eigenvalue weighted by atomic mass is 10.1. The Hall–Kier alpha value is -1.65. The molecule has 0 saturated carbocycles. The van der Waals surface area contributed by atoms with E-state index in [0.717, 1.165) is 10.4 Å². The maximum Gasteiger partial charge on any atom is 0.417 e. The van der Waals surface area contributed by atoms with Crippen LogP contribution in [0.3, 0.4) is 0 Å². The average Bonchev–Trinajstić information content (AvgIpc) is 2.91. The van der Waals surface area contributed by atoms with Crippen molar-refractivity contribution in [2.75, 3.05) is 19.9 Å². The number of carboxylic acid groups (broad SMARTS) is 1. The van der Waals surface area contributed by atoms with Gasteiger partial charge in [-0.25, -0.2) is 13.2 Å². The zero-order chi connectivity index (χ0) is 15.8. The van der Waals surface area contributed by atoms with E-state index in [9.17, 15) is 26.4 Å². The quantitative estimate of drug-likeness (QED) is 0.908. The summed E-state index contributed by atoms with van der Waals surface area (Å²) >= 11 is 0. The standard InChI is InChI=1S/C11H10F3NO5S/c12-11(13,14)9-5-7(1-2-8(9)10(16)17)21(18,19)15-3-4-20-6-15/h1-2,5H,3-4,6H2,(H,16,17). The summed E-state index contributed by atoms with van der Waals surface area (Å²) in [6.45, 7) is -0.0622. The van der Waals surface area contributed by atoms with Crippen molar-refractivity contribution in [3.63, 3.8) is 0 Å². The molecular weight excluding hydrogens is 315 g/mol. The SMILES string of the molecule is O=C(O)c1ccc(S(=O)(=O)N2CCOC2)cc1C(F)(F)F. The van der Waals surface area contributed by atoms with Gasteiger partial charge < -0.3 is 9.84 Å². The molecule has 0 atom stereocenters. The van der Waals surface area contributed by atoms with Crippen LogP contribution >= 0.6 is 0 Å². The van der Waals surface area contributed by atoms with Gasteiger partial charge in [-0.1, -0.05) is 0 Å². The molecule has 116 valence electrons. The van der Waals surface area contributed by atoms with Gasteiger partial charge in [0.05, 0.1) is 22.6 Å². The van der Waals surface area contributed by atoms with Crippen LogP contribution in [0.25, 0.3) is 0 Å². The monoisotopic (exact) mass is 325 g/mol. The highest BCUT2D eigenvalue weighted by molar-refractivity contribution is 7.89. The number of ether oxygens (including phenoxy) is 1. The van der Waals surface area contributed by atoms with Crippen molar-refractivity contribution in [2.24, 2.45) is 0 Å². The van der Waals surface area contributed by atoms with E-state index in [-0.39, 0.29) is 19.9 Å². The summed E-state index contributed by atoms with van der Waals surface area (Å²) in [7, 11) is -4.15. The van der Waals surface area contributed by atoms with Crippen molar-refractivity contribution >= 4 is 16.0 Å². The molecule has 1 aliphatic heterocycles. The van der Waals surface area contributed by atoms with Crippen LogP contribution in [0.4, 0.5) is 13.2 Å². The largest absolute Gasteiger partial charge is 0.478 e. The Labute approximate surface area is 117 Å². The summed E-state index contributed by atoms with van der Waals surface area (Å²) < 4.78 is 68.6.